The standard InChI is InChI=1S/C20H20N2O2/c23-19-12-16(24-20-9-5-4-8-17(19)20)14-22-11-10-21-13-18(22)15-6-2-1-3-7-15/h1-9,12,18,21H,10-11,13-14H2. The molecule has 2 heterocycles. The van der Waals surface area contributed by atoms with Gasteiger partial charge in [0.1, 0.15) is 11.3 Å². The van der Waals surface area contributed by atoms with Crippen molar-refractivity contribution in [2.75, 3.05) is 19.6 Å². The molecular weight excluding hydrogens is 300 g/mol. The fourth-order valence-electron chi connectivity index (χ4n) is 3.37. The van der Waals surface area contributed by atoms with E-state index >= 15 is 0 Å². The van der Waals surface area contributed by atoms with Gasteiger partial charge < -0.3 is 9.73 Å². The van der Waals surface area contributed by atoms with Gasteiger partial charge in [-0.15, -0.1) is 0 Å². The van der Waals surface area contributed by atoms with E-state index in [1.165, 1.54) is 5.56 Å². The lowest BCUT2D eigenvalue weighted by atomic mass is 10.0. The van der Waals surface area contributed by atoms with Crippen molar-refractivity contribution in [1.82, 2.24) is 10.2 Å². The van der Waals surface area contributed by atoms with Gasteiger partial charge in [0.05, 0.1) is 11.9 Å². The molecule has 0 amide bonds. The number of nitrogens with one attached hydrogen (secondary N) is 1. The van der Waals surface area contributed by atoms with E-state index < -0.39 is 0 Å². The third-order valence-electron chi connectivity index (χ3n) is 4.58. The summed E-state index contributed by atoms with van der Waals surface area (Å²) in [5.74, 6) is 0.724. The van der Waals surface area contributed by atoms with Crippen LogP contribution >= 0.6 is 0 Å². The van der Waals surface area contributed by atoms with Crippen molar-refractivity contribution in [3.05, 3.63) is 82.2 Å². The average molecular weight is 320 g/mol. The fraction of sp³-hybridized carbons (Fsp3) is 0.250. The van der Waals surface area contributed by atoms with Crippen LogP contribution in [0.4, 0.5) is 0 Å². The summed E-state index contributed by atoms with van der Waals surface area (Å²) in [6, 6.07) is 19.8. The molecule has 4 rings (SSSR count). The molecule has 1 atom stereocenters. The number of benzene rings is 2. The highest BCUT2D eigenvalue weighted by atomic mass is 16.3. The maximum absolute atomic E-state index is 12.3. The number of para-hydroxylation sites is 1. The van der Waals surface area contributed by atoms with Crippen molar-refractivity contribution in [2.45, 2.75) is 12.6 Å². The molecule has 1 aliphatic rings. The van der Waals surface area contributed by atoms with Crippen LogP contribution in [0.1, 0.15) is 17.4 Å². The van der Waals surface area contributed by atoms with Crippen LogP contribution in [-0.4, -0.2) is 24.5 Å². The van der Waals surface area contributed by atoms with Gasteiger partial charge in [-0.05, 0) is 17.7 Å². The lowest BCUT2D eigenvalue weighted by Gasteiger charge is -2.36. The van der Waals surface area contributed by atoms with Crippen molar-refractivity contribution in [2.24, 2.45) is 0 Å². The molecule has 1 saturated heterocycles. The van der Waals surface area contributed by atoms with Crippen molar-refractivity contribution in [3.8, 4) is 0 Å². The molecule has 0 radical (unpaired) electrons. The summed E-state index contributed by atoms with van der Waals surface area (Å²) in [5, 5.41) is 4.10. The first-order chi connectivity index (χ1) is 11.8. The molecule has 0 bridgehead atoms. The zero-order valence-corrected chi connectivity index (χ0v) is 13.4. The quantitative estimate of drug-likeness (QED) is 0.806. The van der Waals surface area contributed by atoms with Gasteiger partial charge in [0.2, 0.25) is 0 Å². The highest BCUT2D eigenvalue weighted by Gasteiger charge is 2.24. The van der Waals surface area contributed by atoms with E-state index in [4.69, 9.17) is 4.42 Å². The monoisotopic (exact) mass is 320 g/mol. The first-order valence-electron chi connectivity index (χ1n) is 8.33. The summed E-state index contributed by atoms with van der Waals surface area (Å²) in [6.45, 7) is 3.42. The Balaban J connectivity index is 1.64. The maximum atomic E-state index is 12.3. The fourth-order valence-corrected chi connectivity index (χ4v) is 3.37. The Bertz CT molecular complexity index is 889. The minimum absolute atomic E-state index is 0.0262. The molecule has 3 aromatic rings. The van der Waals surface area contributed by atoms with Crippen LogP contribution in [0.25, 0.3) is 11.0 Å². The SMILES string of the molecule is O=c1cc(CN2CCNCC2c2ccccc2)oc2ccccc12. The van der Waals surface area contributed by atoms with Crippen LogP contribution in [-0.2, 0) is 6.54 Å². The minimum Gasteiger partial charge on any atom is -0.459 e. The topological polar surface area (TPSA) is 45.5 Å². The number of rotatable bonds is 3. The number of fused-ring (bicyclic) bond motifs is 1. The van der Waals surface area contributed by atoms with Crippen LogP contribution in [0.5, 0.6) is 0 Å². The molecule has 0 saturated carbocycles. The summed E-state index contributed by atoms with van der Waals surface area (Å²) >= 11 is 0. The molecule has 0 aliphatic carbocycles. The van der Waals surface area contributed by atoms with Gasteiger partial charge in [-0.25, -0.2) is 0 Å². The molecule has 122 valence electrons. The molecule has 1 aliphatic heterocycles. The van der Waals surface area contributed by atoms with Gasteiger partial charge in [-0.1, -0.05) is 42.5 Å². The number of piperazine rings is 1. The van der Waals surface area contributed by atoms with Gasteiger partial charge in [0.25, 0.3) is 0 Å². The predicted molar refractivity (Wildman–Crippen MR) is 94.9 cm³/mol. The molecule has 1 unspecified atom stereocenters. The second-order valence-electron chi connectivity index (χ2n) is 6.17. The van der Waals surface area contributed by atoms with E-state index in [-0.39, 0.29) is 11.5 Å². The molecule has 1 fully saturated rings. The predicted octanol–water partition coefficient (Wildman–Crippen LogP) is 2.94. The first-order valence-corrected chi connectivity index (χ1v) is 8.33. The van der Waals surface area contributed by atoms with Gasteiger partial charge >= 0.3 is 0 Å². The lowest BCUT2D eigenvalue weighted by molar-refractivity contribution is 0.143. The van der Waals surface area contributed by atoms with Crippen molar-refractivity contribution in [1.29, 1.82) is 0 Å². The highest BCUT2D eigenvalue weighted by molar-refractivity contribution is 5.76. The van der Waals surface area contributed by atoms with Crippen molar-refractivity contribution >= 4 is 11.0 Å². The highest BCUT2D eigenvalue weighted by Crippen LogP contribution is 2.24. The second-order valence-corrected chi connectivity index (χ2v) is 6.17. The van der Waals surface area contributed by atoms with Crippen molar-refractivity contribution < 1.29 is 4.42 Å². The van der Waals surface area contributed by atoms with E-state index in [0.29, 0.717) is 17.5 Å². The Kier molecular flexibility index (Phi) is 4.15. The third kappa shape index (κ3) is 2.98. The summed E-state index contributed by atoms with van der Waals surface area (Å²) in [7, 11) is 0. The Labute approximate surface area is 140 Å². The number of nitrogens with zero attached hydrogens (tertiary/aromatic N) is 1. The van der Waals surface area contributed by atoms with Crippen LogP contribution in [0.2, 0.25) is 0 Å². The third-order valence-corrected chi connectivity index (χ3v) is 4.58. The molecule has 24 heavy (non-hydrogen) atoms. The maximum Gasteiger partial charge on any atom is 0.192 e. The zero-order chi connectivity index (χ0) is 16.4. The summed E-state index contributed by atoms with van der Waals surface area (Å²) < 4.78 is 5.97. The zero-order valence-electron chi connectivity index (χ0n) is 13.4. The molecule has 1 aromatic heterocycles. The Morgan fingerprint density at radius 3 is 2.75 bits per heavy atom. The summed E-state index contributed by atoms with van der Waals surface area (Å²) in [5.41, 5.74) is 1.97. The largest absolute Gasteiger partial charge is 0.459 e. The van der Waals surface area contributed by atoms with E-state index in [0.717, 1.165) is 25.4 Å². The number of hydrogen-bond donors (Lipinski definition) is 1. The molecule has 0 spiro atoms. The molecule has 4 nitrogen and oxygen atoms in total. The lowest BCUT2D eigenvalue weighted by Crippen LogP contribution is -2.45. The van der Waals surface area contributed by atoms with Gasteiger partial charge in [0, 0.05) is 31.7 Å². The van der Waals surface area contributed by atoms with E-state index in [9.17, 15) is 4.79 Å². The molecule has 2 aromatic carbocycles. The average Bonchev–Trinajstić information content (AvgIpc) is 2.63. The minimum atomic E-state index is 0.0262. The van der Waals surface area contributed by atoms with Crippen LogP contribution in [0.3, 0.4) is 0 Å². The van der Waals surface area contributed by atoms with E-state index in [1.807, 2.05) is 30.3 Å². The van der Waals surface area contributed by atoms with E-state index in [2.05, 4.69) is 34.5 Å². The molecule has 1 N–H and O–H groups in total. The van der Waals surface area contributed by atoms with Gasteiger partial charge in [-0.3, -0.25) is 9.69 Å². The Hall–Kier alpha value is -2.43. The number of hydrogen-bond acceptors (Lipinski definition) is 4. The van der Waals surface area contributed by atoms with Crippen LogP contribution < -0.4 is 10.7 Å². The Morgan fingerprint density at radius 1 is 1.08 bits per heavy atom. The Morgan fingerprint density at radius 2 is 1.88 bits per heavy atom. The van der Waals surface area contributed by atoms with Crippen LogP contribution in [0.15, 0.2) is 69.9 Å². The normalized spacial score (nSPS) is 18.8. The van der Waals surface area contributed by atoms with Crippen molar-refractivity contribution in [3.63, 3.8) is 0 Å². The summed E-state index contributed by atoms with van der Waals surface area (Å²) in [4.78, 5) is 14.7. The second kappa shape index (κ2) is 6.59. The smallest absolute Gasteiger partial charge is 0.192 e. The van der Waals surface area contributed by atoms with Gasteiger partial charge in [-0.2, -0.15) is 0 Å². The molecule has 4 heteroatoms. The van der Waals surface area contributed by atoms with Gasteiger partial charge in [0.15, 0.2) is 5.43 Å². The van der Waals surface area contributed by atoms with Crippen LogP contribution in [0, 0.1) is 0 Å². The first kappa shape index (κ1) is 15.1. The summed E-state index contributed by atoms with van der Waals surface area (Å²) in [6.07, 6.45) is 0. The van der Waals surface area contributed by atoms with E-state index in [1.54, 1.807) is 6.07 Å². The molecular formula is C20H20N2O2.